The number of carbonyl (C=O) groups excluding carboxylic acids is 2. The number of anilines is 1. The molecule has 0 bridgehead atoms. The van der Waals surface area contributed by atoms with Gasteiger partial charge in [-0.05, 0) is 36.8 Å². The highest BCUT2D eigenvalue weighted by Gasteiger charge is 2.14. The van der Waals surface area contributed by atoms with Gasteiger partial charge >= 0.3 is 0 Å². The van der Waals surface area contributed by atoms with Crippen LogP contribution >= 0.6 is 0 Å². The van der Waals surface area contributed by atoms with Crippen LogP contribution in [0.1, 0.15) is 11.1 Å². The fraction of sp³-hybridized carbons (Fsp3) is 0.300. The summed E-state index contributed by atoms with van der Waals surface area (Å²) in [6.45, 7) is 2.90. The van der Waals surface area contributed by atoms with Crippen LogP contribution in [0.25, 0.3) is 0 Å². The van der Waals surface area contributed by atoms with Crippen molar-refractivity contribution in [3.05, 3.63) is 59.7 Å². The molecule has 2 rings (SSSR count). The molecule has 0 saturated carbocycles. The van der Waals surface area contributed by atoms with Crippen LogP contribution in [0.4, 0.5) is 5.69 Å². The van der Waals surface area contributed by atoms with Gasteiger partial charge in [0, 0.05) is 12.2 Å². The number of nitrogens with one attached hydrogen (secondary N) is 3. The molecule has 3 N–H and O–H groups in total. The Morgan fingerprint density at radius 3 is 2.19 bits per heavy atom. The first kappa shape index (κ1) is 19.5. The second-order valence-corrected chi connectivity index (χ2v) is 6.35. The average Bonchev–Trinajstić information content (AvgIpc) is 2.62. The number of carbonyl (C=O) groups is 2. The van der Waals surface area contributed by atoms with Gasteiger partial charge in [0.2, 0.25) is 0 Å². The summed E-state index contributed by atoms with van der Waals surface area (Å²) in [5, 5.41) is 5.70. The predicted molar refractivity (Wildman–Crippen MR) is 101 cm³/mol. The zero-order valence-corrected chi connectivity index (χ0v) is 15.5. The summed E-state index contributed by atoms with van der Waals surface area (Å²) in [6.07, 6.45) is 0. The maximum Gasteiger partial charge on any atom is 0.279 e. The summed E-state index contributed by atoms with van der Waals surface area (Å²) in [5.74, 6) is 0.569. The van der Waals surface area contributed by atoms with Crippen molar-refractivity contribution in [1.82, 2.24) is 5.32 Å². The lowest BCUT2D eigenvalue weighted by molar-refractivity contribution is -0.862. The Bertz CT molecular complexity index is 727. The molecule has 0 aliphatic carbocycles. The summed E-state index contributed by atoms with van der Waals surface area (Å²) in [6, 6.07) is 15.1. The monoisotopic (exact) mass is 356 g/mol. The molecule has 0 heterocycles. The standard InChI is InChI=1S/C20H25N3O3/c1-15-4-8-17(9-5-15)22-20(25)14-23(2)13-19(24)21-12-16-6-10-18(26-3)11-7-16/h4-11H,12-14H2,1-3H3,(H,21,24)(H,22,25)/p+1. The van der Waals surface area contributed by atoms with E-state index in [0.29, 0.717) is 6.54 Å². The van der Waals surface area contributed by atoms with Crippen molar-refractivity contribution >= 4 is 17.5 Å². The van der Waals surface area contributed by atoms with Crippen molar-refractivity contribution < 1.29 is 19.2 Å². The van der Waals surface area contributed by atoms with Crippen molar-refractivity contribution in [2.45, 2.75) is 13.5 Å². The first-order chi connectivity index (χ1) is 12.5. The highest BCUT2D eigenvalue weighted by molar-refractivity contribution is 5.91. The molecule has 138 valence electrons. The molecular weight excluding hydrogens is 330 g/mol. The van der Waals surface area contributed by atoms with Crippen LogP contribution in [0.3, 0.4) is 0 Å². The third-order valence-electron chi connectivity index (χ3n) is 3.91. The summed E-state index contributed by atoms with van der Waals surface area (Å²) in [5.41, 5.74) is 2.89. The van der Waals surface area contributed by atoms with E-state index in [0.717, 1.165) is 27.5 Å². The number of hydrogen-bond acceptors (Lipinski definition) is 3. The molecule has 2 aromatic rings. The van der Waals surface area contributed by atoms with Gasteiger partial charge in [0.25, 0.3) is 11.8 Å². The fourth-order valence-corrected chi connectivity index (χ4v) is 2.46. The fourth-order valence-electron chi connectivity index (χ4n) is 2.46. The molecule has 0 aliphatic heterocycles. The van der Waals surface area contributed by atoms with Crippen molar-refractivity contribution in [2.24, 2.45) is 0 Å². The molecule has 0 aliphatic rings. The smallest absolute Gasteiger partial charge is 0.279 e. The van der Waals surface area contributed by atoms with Crippen molar-refractivity contribution in [1.29, 1.82) is 0 Å². The number of amides is 2. The van der Waals surface area contributed by atoms with Gasteiger partial charge in [-0.3, -0.25) is 9.59 Å². The van der Waals surface area contributed by atoms with E-state index in [1.54, 1.807) is 7.11 Å². The quantitative estimate of drug-likeness (QED) is 0.654. The molecule has 1 atom stereocenters. The number of quaternary nitrogens is 1. The lowest BCUT2D eigenvalue weighted by atomic mass is 10.2. The Morgan fingerprint density at radius 1 is 0.962 bits per heavy atom. The maximum atomic E-state index is 12.1. The normalized spacial score (nSPS) is 11.5. The first-order valence-electron chi connectivity index (χ1n) is 8.53. The molecule has 2 aromatic carbocycles. The van der Waals surface area contributed by atoms with Crippen LogP contribution in [0, 0.1) is 6.92 Å². The van der Waals surface area contributed by atoms with E-state index in [2.05, 4.69) is 10.6 Å². The molecule has 0 saturated heterocycles. The summed E-state index contributed by atoms with van der Waals surface area (Å²) in [4.78, 5) is 24.9. The van der Waals surface area contributed by atoms with Gasteiger partial charge in [-0.15, -0.1) is 0 Å². The van der Waals surface area contributed by atoms with Gasteiger partial charge in [0.1, 0.15) is 5.75 Å². The van der Waals surface area contributed by atoms with Gasteiger partial charge in [0.15, 0.2) is 13.1 Å². The Hall–Kier alpha value is -2.86. The second kappa shape index (κ2) is 9.58. The van der Waals surface area contributed by atoms with Crippen molar-refractivity contribution in [3.63, 3.8) is 0 Å². The van der Waals surface area contributed by atoms with Gasteiger partial charge < -0.3 is 20.3 Å². The number of benzene rings is 2. The van der Waals surface area contributed by atoms with E-state index < -0.39 is 0 Å². The first-order valence-corrected chi connectivity index (χ1v) is 8.53. The van der Waals surface area contributed by atoms with Crippen molar-refractivity contribution in [2.75, 3.05) is 32.6 Å². The Morgan fingerprint density at radius 2 is 1.58 bits per heavy atom. The van der Waals surface area contributed by atoms with E-state index in [9.17, 15) is 9.59 Å². The molecule has 6 nitrogen and oxygen atoms in total. The van der Waals surface area contributed by atoms with E-state index >= 15 is 0 Å². The second-order valence-electron chi connectivity index (χ2n) is 6.35. The summed E-state index contributed by atoms with van der Waals surface area (Å²) < 4.78 is 5.10. The number of rotatable bonds is 8. The number of aryl methyl sites for hydroxylation is 1. The highest BCUT2D eigenvalue weighted by Crippen LogP contribution is 2.10. The summed E-state index contributed by atoms with van der Waals surface area (Å²) in [7, 11) is 3.44. The lowest BCUT2D eigenvalue weighted by Gasteiger charge is -2.14. The van der Waals surface area contributed by atoms with Crippen LogP contribution in [0.5, 0.6) is 5.75 Å². The Kier molecular flexibility index (Phi) is 7.17. The largest absolute Gasteiger partial charge is 0.497 e. The molecule has 0 radical (unpaired) electrons. The maximum absolute atomic E-state index is 12.1. The van der Waals surface area contributed by atoms with Crippen LogP contribution in [0.15, 0.2) is 48.5 Å². The average molecular weight is 356 g/mol. The lowest BCUT2D eigenvalue weighted by Crippen LogP contribution is -3.11. The number of methoxy groups -OCH3 is 1. The minimum Gasteiger partial charge on any atom is -0.497 e. The minimum atomic E-state index is -0.116. The van der Waals surface area contributed by atoms with Crippen LogP contribution in [0.2, 0.25) is 0 Å². The predicted octanol–water partition coefficient (Wildman–Crippen LogP) is 0.773. The molecule has 0 spiro atoms. The van der Waals surface area contributed by atoms with Gasteiger partial charge in [0.05, 0.1) is 14.2 Å². The molecule has 0 aromatic heterocycles. The number of ether oxygens (including phenoxy) is 1. The van der Waals surface area contributed by atoms with E-state index in [1.807, 2.05) is 62.5 Å². The zero-order chi connectivity index (χ0) is 18.9. The SMILES string of the molecule is COc1ccc(CNC(=O)C[NH+](C)CC(=O)Nc2ccc(C)cc2)cc1. The van der Waals surface area contributed by atoms with E-state index in [1.165, 1.54) is 0 Å². The Balaban J connectivity index is 1.71. The van der Waals surface area contributed by atoms with Gasteiger partial charge in [-0.2, -0.15) is 0 Å². The van der Waals surface area contributed by atoms with Crippen LogP contribution in [-0.4, -0.2) is 39.1 Å². The molecular formula is C20H26N3O3+. The van der Waals surface area contributed by atoms with E-state index in [-0.39, 0.29) is 24.9 Å². The molecule has 1 unspecified atom stereocenters. The van der Waals surface area contributed by atoms with Gasteiger partial charge in [-0.25, -0.2) is 0 Å². The minimum absolute atomic E-state index is 0.0959. The highest BCUT2D eigenvalue weighted by atomic mass is 16.5. The number of hydrogen-bond donors (Lipinski definition) is 3. The third-order valence-corrected chi connectivity index (χ3v) is 3.91. The molecule has 0 fully saturated rings. The molecule has 6 heteroatoms. The molecule has 26 heavy (non-hydrogen) atoms. The number of likely N-dealkylation sites (N-methyl/N-ethyl adjacent to an activating group) is 1. The van der Waals surface area contributed by atoms with Crippen molar-refractivity contribution in [3.8, 4) is 5.75 Å². The van der Waals surface area contributed by atoms with Gasteiger partial charge in [-0.1, -0.05) is 29.8 Å². The zero-order valence-electron chi connectivity index (χ0n) is 15.5. The third kappa shape index (κ3) is 6.57. The van der Waals surface area contributed by atoms with Crippen LogP contribution in [-0.2, 0) is 16.1 Å². The van der Waals surface area contributed by atoms with E-state index in [4.69, 9.17) is 4.74 Å². The van der Waals surface area contributed by atoms with Crippen LogP contribution < -0.4 is 20.3 Å². The summed E-state index contributed by atoms with van der Waals surface area (Å²) >= 11 is 0. The topological polar surface area (TPSA) is 71.9 Å². The molecule has 2 amide bonds. The Labute approximate surface area is 154 Å².